The number of hydrogen-bond donors (Lipinski definition) is 4. The molecule has 1 aliphatic heterocycles. The largest absolute Gasteiger partial charge is 0.483 e. The summed E-state index contributed by atoms with van der Waals surface area (Å²) < 4.78 is 0. The Balaban J connectivity index is 0.000000755. The van der Waals surface area contributed by atoms with Crippen LogP contribution < -0.4 is 11.2 Å². The lowest BCUT2D eigenvalue weighted by Crippen LogP contribution is -2.46. The van der Waals surface area contributed by atoms with Crippen LogP contribution in [0.2, 0.25) is 0 Å². The third-order valence-corrected chi connectivity index (χ3v) is 6.11. The number of carboxylic acid groups (broad SMARTS) is 1. The van der Waals surface area contributed by atoms with E-state index in [4.69, 9.17) is 15.6 Å². The average molecular weight is 401 g/mol. The molecule has 2 atom stereocenters. The van der Waals surface area contributed by atoms with Crippen LogP contribution in [0, 0.1) is 5.41 Å². The third-order valence-electron chi connectivity index (χ3n) is 6.11. The number of aliphatic hydroxyl groups excluding tert-OH is 1. The summed E-state index contributed by atoms with van der Waals surface area (Å²) >= 11 is 0. The number of benzene rings is 1. The van der Waals surface area contributed by atoms with E-state index in [2.05, 4.69) is 9.88 Å². The fourth-order valence-corrected chi connectivity index (χ4v) is 4.77. The lowest BCUT2D eigenvalue weighted by atomic mass is 9.76. The molecule has 1 saturated heterocycles. The zero-order chi connectivity index (χ0) is 21.0. The molecule has 1 amide bonds. The Morgan fingerprint density at radius 3 is 2.69 bits per heavy atom. The Labute approximate surface area is 168 Å². The number of amides is 1. The van der Waals surface area contributed by atoms with Crippen molar-refractivity contribution in [3.8, 4) is 0 Å². The Bertz CT molecular complexity index is 957. The second-order valence-corrected chi connectivity index (χ2v) is 7.97. The van der Waals surface area contributed by atoms with E-state index in [0.29, 0.717) is 23.0 Å². The van der Waals surface area contributed by atoms with Gasteiger partial charge in [-0.1, -0.05) is 6.42 Å². The lowest BCUT2D eigenvalue weighted by Gasteiger charge is -2.42. The molecule has 5 N–H and O–H groups in total. The SMILES string of the molecule is NC(=O)c1ccc2[nH]c(CN3CCC[C@]4(CCC[C@H]4O)C3)cc(=O)c2c1.O=CO. The number of piperidine rings is 1. The highest BCUT2D eigenvalue weighted by Gasteiger charge is 2.44. The number of likely N-dealkylation sites (tertiary alicyclic amines) is 1. The monoisotopic (exact) mass is 401 g/mol. The first kappa shape index (κ1) is 21.0. The lowest BCUT2D eigenvalue weighted by molar-refractivity contribution is -0.122. The summed E-state index contributed by atoms with van der Waals surface area (Å²) in [5.74, 6) is -0.538. The highest BCUT2D eigenvalue weighted by Crippen LogP contribution is 2.45. The molecule has 0 radical (unpaired) electrons. The molecular weight excluding hydrogens is 374 g/mol. The smallest absolute Gasteiger partial charge is 0.290 e. The van der Waals surface area contributed by atoms with Gasteiger partial charge in [-0.05, 0) is 50.4 Å². The molecule has 2 aliphatic rings. The number of carbonyl (C=O) groups is 2. The van der Waals surface area contributed by atoms with Crippen molar-refractivity contribution in [2.45, 2.75) is 44.8 Å². The first-order chi connectivity index (χ1) is 13.9. The molecule has 4 rings (SSSR count). The summed E-state index contributed by atoms with van der Waals surface area (Å²) in [7, 11) is 0. The van der Waals surface area contributed by atoms with Crippen LogP contribution >= 0.6 is 0 Å². The van der Waals surface area contributed by atoms with Gasteiger partial charge in [-0.2, -0.15) is 0 Å². The predicted molar refractivity (Wildman–Crippen MR) is 109 cm³/mol. The first-order valence-electron chi connectivity index (χ1n) is 9.82. The standard InChI is InChI=1S/C20H25N3O3.CH2O2/c21-19(26)13-4-5-16-15(9-13)17(24)10-14(22-16)11-23-8-2-7-20(12-23)6-1-3-18(20)25;2-1-3/h4-5,9-10,18,25H,1-3,6-8,11-12H2,(H2,21,26)(H,22,24);1H,(H,2,3)/t18-,20-;/m1./s1. The number of aromatic nitrogens is 1. The molecule has 156 valence electrons. The van der Waals surface area contributed by atoms with Gasteiger partial charge < -0.3 is 20.9 Å². The summed E-state index contributed by atoms with van der Waals surface area (Å²) in [4.78, 5) is 37.8. The number of aliphatic hydroxyl groups is 1. The number of hydrogen-bond acceptors (Lipinski definition) is 5. The summed E-state index contributed by atoms with van der Waals surface area (Å²) in [6, 6.07) is 6.53. The quantitative estimate of drug-likeness (QED) is 0.575. The molecule has 8 nitrogen and oxygen atoms in total. The zero-order valence-electron chi connectivity index (χ0n) is 16.3. The van der Waals surface area contributed by atoms with Crippen LogP contribution in [0.1, 0.15) is 48.2 Å². The van der Waals surface area contributed by atoms with Crippen LogP contribution in [-0.4, -0.2) is 51.7 Å². The predicted octanol–water partition coefficient (Wildman–Crippen LogP) is 1.45. The molecule has 1 spiro atoms. The van der Waals surface area contributed by atoms with Gasteiger partial charge in [0.2, 0.25) is 5.91 Å². The molecule has 1 aromatic heterocycles. The molecule has 8 heteroatoms. The van der Waals surface area contributed by atoms with Gasteiger partial charge in [-0.3, -0.25) is 19.3 Å². The summed E-state index contributed by atoms with van der Waals surface area (Å²) in [6.45, 7) is 2.28. The van der Waals surface area contributed by atoms with Gasteiger partial charge in [0.25, 0.3) is 6.47 Å². The van der Waals surface area contributed by atoms with E-state index in [1.165, 1.54) is 0 Å². The Kier molecular flexibility index (Phi) is 6.34. The van der Waals surface area contributed by atoms with Gasteiger partial charge in [-0.25, -0.2) is 0 Å². The maximum absolute atomic E-state index is 12.5. The minimum Gasteiger partial charge on any atom is -0.483 e. The van der Waals surface area contributed by atoms with Crippen molar-refractivity contribution >= 4 is 23.3 Å². The number of carbonyl (C=O) groups excluding carboxylic acids is 1. The van der Waals surface area contributed by atoms with Crippen LogP contribution in [0.5, 0.6) is 0 Å². The van der Waals surface area contributed by atoms with Gasteiger partial charge in [0.15, 0.2) is 5.43 Å². The fourth-order valence-electron chi connectivity index (χ4n) is 4.77. The first-order valence-corrected chi connectivity index (χ1v) is 9.82. The number of pyridine rings is 1. The second kappa shape index (κ2) is 8.75. The van der Waals surface area contributed by atoms with Crippen molar-refractivity contribution in [1.82, 2.24) is 9.88 Å². The van der Waals surface area contributed by atoms with Crippen molar-refractivity contribution in [2.24, 2.45) is 11.1 Å². The van der Waals surface area contributed by atoms with Crippen LogP contribution in [-0.2, 0) is 11.3 Å². The van der Waals surface area contributed by atoms with Crippen molar-refractivity contribution in [3.05, 3.63) is 45.7 Å². The van der Waals surface area contributed by atoms with Gasteiger partial charge in [-0.15, -0.1) is 0 Å². The summed E-state index contributed by atoms with van der Waals surface area (Å²) in [5, 5.41) is 17.8. The fraction of sp³-hybridized carbons (Fsp3) is 0.476. The Hall–Kier alpha value is -2.71. The summed E-state index contributed by atoms with van der Waals surface area (Å²) in [6.07, 6.45) is 5.07. The van der Waals surface area contributed by atoms with Crippen molar-refractivity contribution in [3.63, 3.8) is 0 Å². The van der Waals surface area contributed by atoms with Gasteiger partial charge in [0.05, 0.1) is 6.10 Å². The minimum absolute atomic E-state index is 0.0335. The van der Waals surface area contributed by atoms with E-state index < -0.39 is 5.91 Å². The highest BCUT2D eigenvalue weighted by molar-refractivity contribution is 5.96. The molecular formula is C21H27N3O5. The van der Waals surface area contributed by atoms with E-state index in [-0.39, 0.29) is 23.4 Å². The average Bonchev–Trinajstić information content (AvgIpc) is 3.01. The minimum atomic E-state index is -0.538. The second-order valence-electron chi connectivity index (χ2n) is 7.97. The maximum Gasteiger partial charge on any atom is 0.290 e. The maximum atomic E-state index is 12.5. The Morgan fingerprint density at radius 2 is 2.03 bits per heavy atom. The number of nitrogens with zero attached hydrogens (tertiary/aromatic N) is 1. The van der Waals surface area contributed by atoms with Gasteiger partial charge in [0.1, 0.15) is 0 Å². The van der Waals surface area contributed by atoms with Crippen LogP contribution in [0.3, 0.4) is 0 Å². The van der Waals surface area contributed by atoms with Crippen molar-refractivity contribution in [2.75, 3.05) is 13.1 Å². The topological polar surface area (TPSA) is 137 Å². The number of primary amides is 1. The number of aromatic amines is 1. The van der Waals surface area contributed by atoms with Gasteiger partial charge >= 0.3 is 0 Å². The molecule has 29 heavy (non-hydrogen) atoms. The molecule has 2 aromatic rings. The highest BCUT2D eigenvalue weighted by atomic mass is 16.3. The number of fused-ring (bicyclic) bond motifs is 1. The van der Waals surface area contributed by atoms with Crippen molar-refractivity contribution in [1.29, 1.82) is 0 Å². The molecule has 1 aromatic carbocycles. The van der Waals surface area contributed by atoms with E-state index in [1.54, 1.807) is 24.3 Å². The van der Waals surface area contributed by atoms with E-state index in [1.807, 2.05) is 0 Å². The van der Waals surface area contributed by atoms with E-state index >= 15 is 0 Å². The molecule has 0 unspecified atom stereocenters. The number of nitrogens with one attached hydrogen (secondary N) is 1. The van der Waals surface area contributed by atoms with Crippen LogP contribution in [0.25, 0.3) is 10.9 Å². The number of H-pyrrole nitrogens is 1. The molecule has 0 bridgehead atoms. The molecule has 2 fully saturated rings. The third kappa shape index (κ3) is 4.49. The molecule has 1 saturated carbocycles. The van der Waals surface area contributed by atoms with E-state index in [0.717, 1.165) is 50.9 Å². The van der Waals surface area contributed by atoms with Crippen molar-refractivity contribution < 1.29 is 19.8 Å². The Morgan fingerprint density at radius 1 is 1.31 bits per heavy atom. The normalized spacial score (nSPS) is 24.2. The number of nitrogens with two attached hydrogens (primary N) is 1. The summed E-state index contributed by atoms with van der Waals surface area (Å²) in [5.41, 5.74) is 7.13. The van der Waals surface area contributed by atoms with E-state index in [9.17, 15) is 14.7 Å². The molecule has 2 heterocycles. The number of rotatable bonds is 3. The molecule has 1 aliphatic carbocycles. The zero-order valence-corrected chi connectivity index (χ0v) is 16.3. The van der Waals surface area contributed by atoms with Gasteiger partial charge in [0, 0.05) is 46.7 Å². The van der Waals surface area contributed by atoms with Crippen LogP contribution in [0.15, 0.2) is 29.1 Å². The van der Waals surface area contributed by atoms with Crippen LogP contribution in [0.4, 0.5) is 0 Å².